The molecule has 2 N–H and O–H groups in total. The molecule has 0 aromatic heterocycles. The Kier molecular flexibility index (Phi) is 3.65. The van der Waals surface area contributed by atoms with E-state index < -0.39 is 17.4 Å². The summed E-state index contributed by atoms with van der Waals surface area (Å²) in [4.78, 5) is 43.8. The van der Waals surface area contributed by atoms with Gasteiger partial charge in [0.25, 0.3) is 5.91 Å². The van der Waals surface area contributed by atoms with Gasteiger partial charge in [0.05, 0.1) is 17.9 Å². The van der Waals surface area contributed by atoms with Crippen molar-refractivity contribution in [2.75, 3.05) is 16.8 Å². The summed E-state index contributed by atoms with van der Waals surface area (Å²) in [7, 11) is 0. The van der Waals surface area contributed by atoms with Crippen LogP contribution in [0.25, 0.3) is 0 Å². The molecule has 0 radical (unpaired) electrons. The van der Waals surface area contributed by atoms with E-state index in [4.69, 9.17) is 0 Å². The number of fused-ring (bicyclic) bond motifs is 7. The van der Waals surface area contributed by atoms with Gasteiger partial charge in [-0.25, -0.2) is 4.90 Å². The van der Waals surface area contributed by atoms with Crippen LogP contribution in [0.4, 0.5) is 11.4 Å². The van der Waals surface area contributed by atoms with E-state index in [0.717, 1.165) is 52.2 Å². The van der Waals surface area contributed by atoms with E-state index >= 15 is 0 Å². The summed E-state index contributed by atoms with van der Waals surface area (Å²) in [5, 5.41) is 3.05. The number of hydrogen-bond acceptors (Lipinski definition) is 3. The van der Waals surface area contributed by atoms with Crippen LogP contribution < -0.4 is 15.1 Å². The number of nitrogens with zero attached hydrogens (tertiary/aromatic N) is 1. The van der Waals surface area contributed by atoms with Gasteiger partial charge >= 0.3 is 0 Å². The van der Waals surface area contributed by atoms with Crippen LogP contribution in [0.2, 0.25) is 0 Å². The number of carbonyl (C=O) groups is 3. The Balaban J connectivity index is 1.57. The number of benzene rings is 2. The number of imide groups is 1. The highest BCUT2D eigenvalue weighted by molar-refractivity contribution is 6.25. The second-order valence-corrected chi connectivity index (χ2v) is 9.70. The number of rotatable bonds is 1. The van der Waals surface area contributed by atoms with Crippen LogP contribution in [0.15, 0.2) is 36.4 Å². The maximum Gasteiger partial charge on any atom is 0.291 e. The summed E-state index contributed by atoms with van der Waals surface area (Å²) in [6.07, 6.45) is 1.83. The number of anilines is 2. The number of nitrogens with one attached hydrogen (secondary N) is 2. The van der Waals surface area contributed by atoms with Crippen LogP contribution in [0.1, 0.15) is 35.1 Å². The fourth-order valence-electron chi connectivity index (χ4n) is 6.91. The minimum absolute atomic E-state index is 0.00503. The maximum absolute atomic E-state index is 14.0. The summed E-state index contributed by atoms with van der Waals surface area (Å²) >= 11 is 0. The molecule has 0 saturated carbocycles. The Morgan fingerprint density at radius 2 is 1.71 bits per heavy atom. The Morgan fingerprint density at radius 1 is 0.968 bits per heavy atom. The lowest BCUT2D eigenvalue weighted by molar-refractivity contribution is -0.948. The summed E-state index contributed by atoms with van der Waals surface area (Å²) in [5.41, 5.74) is 4.34. The van der Waals surface area contributed by atoms with Gasteiger partial charge in [-0.3, -0.25) is 14.4 Å². The third-order valence-corrected chi connectivity index (χ3v) is 7.84. The molecule has 1 unspecified atom stereocenters. The van der Waals surface area contributed by atoms with Gasteiger partial charge in [0.15, 0.2) is 0 Å². The lowest BCUT2D eigenvalue weighted by Gasteiger charge is -2.33. The van der Waals surface area contributed by atoms with Gasteiger partial charge in [0.1, 0.15) is 17.9 Å². The van der Waals surface area contributed by atoms with Gasteiger partial charge in [0.2, 0.25) is 17.4 Å². The molecule has 3 saturated heterocycles. The molecule has 31 heavy (non-hydrogen) atoms. The van der Waals surface area contributed by atoms with Crippen LogP contribution in [0.5, 0.6) is 0 Å². The molecule has 6 rings (SSSR count). The molecular weight excluding hydrogens is 390 g/mol. The van der Waals surface area contributed by atoms with Crippen molar-refractivity contribution in [2.45, 2.75) is 45.2 Å². The van der Waals surface area contributed by atoms with Crippen molar-refractivity contribution in [1.82, 2.24) is 0 Å². The van der Waals surface area contributed by atoms with Crippen LogP contribution in [0, 0.1) is 32.6 Å². The zero-order valence-electron chi connectivity index (χ0n) is 18.0. The predicted molar refractivity (Wildman–Crippen MR) is 116 cm³/mol. The molecule has 0 bridgehead atoms. The van der Waals surface area contributed by atoms with E-state index in [1.54, 1.807) is 0 Å². The summed E-state index contributed by atoms with van der Waals surface area (Å²) in [5.74, 6) is -1.63. The van der Waals surface area contributed by atoms with Gasteiger partial charge in [0, 0.05) is 18.4 Å². The average Bonchev–Trinajstić information content (AvgIpc) is 3.39. The van der Waals surface area contributed by atoms with E-state index in [-0.39, 0.29) is 23.8 Å². The van der Waals surface area contributed by atoms with Crippen molar-refractivity contribution < 1.29 is 19.3 Å². The molecule has 6 heteroatoms. The zero-order valence-corrected chi connectivity index (χ0v) is 18.0. The third-order valence-electron chi connectivity index (χ3n) is 7.84. The van der Waals surface area contributed by atoms with E-state index in [0.29, 0.717) is 5.69 Å². The summed E-state index contributed by atoms with van der Waals surface area (Å²) in [6, 6.07) is 11.8. The maximum atomic E-state index is 14.0. The van der Waals surface area contributed by atoms with Gasteiger partial charge in [-0.05, 0) is 56.2 Å². The number of carbonyl (C=O) groups excluding carboxylic acids is 3. The molecule has 1 spiro atoms. The predicted octanol–water partition coefficient (Wildman–Crippen LogP) is 1.63. The Hall–Kier alpha value is -2.99. The van der Waals surface area contributed by atoms with Crippen LogP contribution in [-0.4, -0.2) is 30.3 Å². The summed E-state index contributed by atoms with van der Waals surface area (Å²) < 4.78 is 0. The number of quaternary nitrogens is 1. The van der Waals surface area contributed by atoms with E-state index in [9.17, 15) is 14.4 Å². The second kappa shape index (κ2) is 6.04. The first-order valence-corrected chi connectivity index (χ1v) is 11.1. The third kappa shape index (κ3) is 2.18. The molecule has 2 aromatic carbocycles. The lowest BCUT2D eigenvalue weighted by Crippen LogP contribution is -3.19. The van der Waals surface area contributed by atoms with Crippen molar-refractivity contribution in [3.05, 3.63) is 58.7 Å². The summed E-state index contributed by atoms with van der Waals surface area (Å²) in [6.45, 7) is 6.75. The van der Waals surface area contributed by atoms with Crippen molar-refractivity contribution >= 4 is 29.1 Å². The molecular formula is C25H26N3O3+. The monoisotopic (exact) mass is 416 g/mol. The van der Waals surface area contributed by atoms with E-state index in [2.05, 4.69) is 5.32 Å². The molecule has 2 aromatic rings. The minimum Gasteiger partial charge on any atom is -0.320 e. The first kappa shape index (κ1) is 18.8. The Bertz CT molecular complexity index is 1170. The van der Waals surface area contributed by atoms with Gasteiger partial charge in [-0.2, -0.15) is 0 Å². The highest BCUT2D eigenvalue weighted by Crippen LogP contribution is 2.52. The minimum atomic E-state index is -1.02. The highest BCUT2D eigenvalue weighted by atomic mass is 16.2. The zero-order chi connectivity index (χ0) is 21.7. The van der Waals surface area contributed by atoms with Gasteiger partial charge < -0.3 is 10.2 Å². The van der Waals surface area contributed by atoms with Gasteiger partial charge in [-0.1, -0.05) is 17.7 Å². The van der Waals surface area contributed by atoms with Crippen molar-refractivity contribution in [1.29, 1.82) is 0 Å². The van der Waals surface area contributed by atoms with Gasteiger partial charge in [-0.15, -0.1) is 0 Å². The quantitative estimate of drug-likeness (QED) is 0.695. The molecule has 0 aliphatic carbocycles. The molecule has 6 nitrogen and oxygen atoms in total. The standard InChI is InChI=1S/C25H25N3O3/c1-13-6-7-18-17(12-13)25(24(31)26-18)21-20(19-5-4-8-27(19)25)22(29)28(23(21)30)16-10-14(2)9-15(3)11-16/h6-7,9-12,19-21H,4-5,8H2,1-3H3,(H,26,31)/p+1/t19-,20+,21-,25-/m0/s1. The first-order chi connectivity index (χ1) is 14.8. The molecule has 158 valence electrons. The fraction of sp³-hybridized carbons (Fsp3) is 0.400. The molecule has 4 heterocycles. The lowest BCUT2D eigenvalue weighted by atomic mass is 9.75. The van der Waals surface area contributed by atoms with Crippen molar-refractivity contribution in [3.63, 3.8) is 0 Å². The topological polar surface area (TPSA) is 70.9 Å². The number of aryl methyl sites for hydroxylation is 3. The highest BCUT2D eigenvalue weighted by Gasteiger charge is 2.78. The van der Waals surface area contributed by atoms with Crippen LogP contribution in [-0.2, 0) is 19.9 Å². The van der Waals surface area contributed by atoms with Crippen molar-refractivity contribution in [3.8, 4) is 0 Å². The number of amides is 3. The Morgan fingerprint density at radius 3 is 2.45 bits per heavy atom. The van der Waals surface area contributed by atoms with Crippen molar-refractivity contribution in [2.24, 2.45) is 11.8 Å². The molecule has 4 aliphatic heterocycles. The smallest absolute Gasteiger partial charge is 0.291 e. The Labute approximate surface area is 181 Å². The molecule has 5 atom stereocenters. The first-order valence-electron chi connectivity index (χ1n) is 11.1. The molecule has 3 amide bonds. The molecule has 4 aliphatic rings. The normalized spacial score (nSPS) is 33.1. The average molecular weight is 417 g/mol. The van der Waals surface area contributed by atoms with E-state index in [1.807, 2.05) is 57.2 Å². The largest absolute Gasteiger partial charge is 0.320 e. The second-order valence-electron chi connectivity index (χ2n) is 9.70. The van der Waals surface area contributed by atoms with E-state index in [1.165, 1.54) is 4.90 Å². The fourth-order valence-corrected chi connectivity index (χ4v) is 6.91. The van der Waals surface area contributed by atoms with Crippen LogP contribution >= 0.6 is 0 Å². The number of hydrogen-bond donors (Lipinski definition) is 2. The SMILES string of the molecule is Cc1cc(C)cc(N2C(=O)[C@H]3[C@@H](C2=O)[C@@]2(C(=O)Nc4ccc(C)cc42)[NH+]2CCC[C@@H]32)c1. The van der Waals surface area contributed by atoms with Crippen LogP contribution in [0.3, 0.4) is 0 Å². The molecule has 3 fully saturated rings.